The van der Waals surface area contributed by atoms with Crippen molar-refractivity contribution in [3.8, 4) is 17.1 Å². The lowest BCUT2D eigenvalue weighted by Gasteiger charge is -2.02. The lowest BCUT2D eigenvalue weighted by Crippen LogP contribution is -2.10. The second kappa shape index (κ2) is 3.84. The third-order valence-corrected chi connectivity index (χ3v) is 2.84. The molecule has 0 spiro atoms. The maximum atomic E-state index is 11.7. The van der Waals surface area contributed by atoms with Crippen molar-refractivity contribution in [3.05, 3.63) is 34.1 Å². The summed E-state index contributed by atoms with van der Waals surface area (Å²) < 4.78 is 0. The average Bonchev–Trinajstić information content (AvgIpc) is 2.72. The normalized spacial score (nSPS) is 11.0. The Morgan fingerprint density at radius 2 is 2.05 bits per heavy atom. The van der Waals surface area contributed by atoms with E-state index in [1.807, 2.05) is 6.92 Å². The van der Waals surface area contributed by atoms with Crippen LogP contribution in [0.1, 0.15) is 5.56 Å². The zero-order valence-corrected chi connectivity index (χ0v) is 10.1. The minimum absolute atomic E-state index is 0.0259. The molecule has 3 aromatic rings. The molecule has 0 amide bonds. The summed E-state index contributed by atoms with van der Waals surface area (Å²) >= 11 is 0. The van der Waals surface area contributed by atoms with Crippen LogP contribution in [0.3, 0.4) is 0 Å². The molecule has 7 nitrogen and oxygen atoms in total. The molecule has 0 fully saturated rings. The van der Waals surface area contributed by atoms with Gasteiger partial charge in [0.2, 0.25) is 5.95 Å². The van der Waals surface area contributed by atoms with Crippen LogP contribution in [-0.2, 0) is 0 Å². The third-order valence-electron chi connectivity index (χ3n) is 2.84. The number of aromatic hydroxyl groups is 1. The van der Waals surface area contributed by atoms with E-state index in [0.29, 0.717) is 5.82 Å². The highest BCUT2D eigenvalue weighted by Gasteiger charge is 2.12. The molecule has 0 saturated carbocycles. The summed E-state index contributed by atoms with van der Waals surface area (Å²) in [5.41, 5.74) is 7.27. The Labute approximate surface area is 107 Å². The first kappa shape index (κ1) is 11.3. The van der Waals surface area contributed by atoms with Gasteiger partial charge in [0.25, 0.3) is 5.56 Å². The molecule has 3 rings (SSSR count). The SMILES string of the molecule is Cc1cc(O)ccc1-c1nc2nc(N)[nH]c(=O)c2[nH]1. The van der Waals surface area contributed by atoms with E-state index in [2.05, 4.69) is 19.9 Å². The molecule has 0 radical (unpaired) electrons. The Kier molecular flexibility index (Phi) is 2.28. The Morgan fingerprint density at radius 3 is 2.79 bits per heavy atom. The number of aryl methyl sites for hydroxylation is 1. The number of phenolic OH excluding ortho intramolecular Hbond substituents is 1. The number of aromatic amines is 2. The summed E-state index contributed by atoms with van der Waals surface area (Å²) in [5.74, 6) is 0.714. The summed E-state index contributed by atoms with van der Waals surface area (Å²) in [4.78, 5) is 25.2. The minimum atomic E-state index is -0.363. The van der Waals surface area contributed by atoms with E-state index < -0.39 is 0 Å². The molecule has 0 saturated heterocycles. The van der Waals surface area contributed by atoms with Crippen molar-refractivity contribution >= 4 is 17.1 Å². The molecule has 0 aliphatic rings. The largest absolute Gasteiger partial charge is 0.508 e. The van der Waals surface area contributed by atoms with Gasteiger partial charge in [-0.15, -0.1) is 0 Å². The van der Waals surface area contributed by atoms with E-state index in [0.717, 1.165) is 11.1 Å². The van der Waals surface area contributed by atoms with Crippen LogP contribution in [0.15, 0.2) is 23.0 Å². The fourth-order valence-corrected chi connectivity index (χ4v) is 1.97. The molecule has 96 valence electrons. The van der Waals surface area contributed by atoms with Crippen LogP contribution in [0.5, 0.6) is 5.75 Å². The van der Waals surface area contributed by atoms with Crippen LogP contribution in [0.25, 0.3) is 22.6 Å². The Bertz CT molecular complexity index is 834. The summed E-state index contributed by atoms with van der Waals surface area (Å²) in [5, 5.41) is 9.39. The molecular formula is C12H11N5O2. The van der Waals surface area contributed by atoms with Gasteiger partial charge in [0.1, 0.15) is 11.6 Å². The van der Waals surface area contributed by atoms with Crippen LogP contribution in [0.2, 0.25) is 0 Å². The summed E-state index contributed by atoms with van der Waals surface area (Å²) in [6, 6.07) is 4.90. The summed E-state index contributed by atoms with van der Waals surface area (Å²) in [6.45, 7) is 1.84. The van der Waals surface area contributed by atoms with Gasteiger partial charge in [-0.3, -0.25) is 9.78 Å². The first-order valence-corrected chi connectivity index (χ1v) is 5.60. The van der Waals surface area contributed by atoms with Crippen molar-refractivity contribution in [3.63, 3.8) is 0 Å². The fraction of sp³-hybridized carbons (Fsp3) is 0.0833. The topological polar surface area (TPSA) is 121 Å². The standard InChI is InChI=1S/C12H11N5O2/c1-5-4-6(18)2-3-7(5)9-14-8-10(15-9)16-12(13)17-11(8)19/h2-4,18H,1H3,(H4,13,14,15,16,17,19). The van der Waals surface area contributed by atoms with Gasteiger partial charge < -0.3 is 15.8 Å². The molecule has 2 aromatic heterocycles. The third kappa shape index (κ3) is 1.81. The molecule has 0 atom stereocenters. The van der Waals surface area contributed by atoms with Gasteiger partial charge in [0, 0.05) is 5.56 Å². The van der Waals surface area contributed by atoms with Gasteiger partial charge in [-0.25, -0.2) is 4.98 Å². The Hall–Kier alpha value is -2.83. The Balaban J connectivity index is 2.26. The Morgan fingerprint density at radius 1 is 1.26 bits per heavy atom. The molecule has 0 bridgehead atoms. The zero-order valence-electron chi connectivity index (χ0n) is 10.1. The van der Waals surface area contributed by atoms with Crippen LogP contribution >= 0.6 is 0 Å². The number of imidazole rings is 1. The molecule has 7 heteroatoms. The number of nitrogens with zero attached hydrogens (tertiary/aromatic N) is 2. The van der Waals surface area contributed by atoms with Gasteiger partial charge in [0.15, 0.2) is 11.2 Å². The van der Waals surface area contributed by atoms with Gasteiger partial charge in [-0.2, -0.15) is 4.98 Å². The highest BCUT2D eigenvalue weighted by molar-refractivity contribution is 5.76. The number of nitrogen functional groups attached to an aromatic ring is 1. The number of benzene rings is 1. The molecule has 1 aromatic carbocycles. The van der Waals surface area contributed by atoms with Gasteiger partial charge in [0.05, 0.1) is 0 Å². The molecule has 0 aliphatic carbocycles. The van der Waals surface area contributed by atoms with Gasteiger partial charge in [-0.05, 0) is 30.7 Å². The number of hydrogen-bond acceptors (Lipinski definition) is 5. The van der Waals surface area contributed by atoms with Crippen molar-refractivity contribution in [1.82, 2.24) is 19.9 Å². The first-order valence-electron chi connectivity index (χ1n) is 5.60. The molecule has 5 N–H and O–H groups in total. The quantitative estimate of drug-likeness (QED) is 0.516. The second-order valence-corrected chi connectivity index (χ2v) is 4.23. The second-order valence-electron chi connectivity index (χ2n) is 4.23. The van der Waals surface area contributed by atoms with Crippen molar-refractivity contribution < 1.29 is 5.11 Å². The van der Waals surface area contributed by atoms with E-state index in [4.69, 9.17) is 5.73 Å². The van der Waals surface area contributed by atoms with E-state index in [9.17, 15) is 9.90 Å². The molecule has 0 aliphatic heterocycles. The average molecular weight is 257 g/mol. The molecular weight excluding hydrogens is 246 g/mol. The van der Waals surface area contributed by atoms with Crippen LogP contribution in [0.4, 0.5) is 5.95 Å². The van der Waals surface area contributed by atoms with Crippen molar-refractivity contribution in [2.75, 3.05) is 5.73 Å². The van der Waals surface area contributed by atoms with Crippen LogP contribution in [-0.4, -0.2) is 25.0 Å². The highest BCUT2D eigenvalue weighted by Crippen LogP contribution is 2.25. The van der Waals surface area contributed by atoms with E-state index in [1.54, 1.807) is 18.2 Å². The molecule has 0 unspecified atom stereocenters. The fourth-order valence-electron chi connectivity index (χ4n) is 1.97. The van der Waals surface area contributed by atoms with E-state index in [-0.39, 0.29) is 28.4 Å². The number of rotatable bonds is 1. The summed E-state index contributed by atoms with van der Waals surface area (Å²) in [7, 11) is 0. The van der Waals surface area contributed by atoms with Crippen LogP contribution in [0, 0.1) is 6.92 Å². The molecule has 2 heterocycles. The van der Waals surface area contributed by atoms with Crippen LogP contribution < -0.4 is 11.3 Å². The smallest absolute Gasteiger partial charge is 0.278 e. The van der Waals surface area contributed by atoms with Gasteiger partial charge in [-0.1, -0.05) is 0 Å². The number of nitrogens with two attached hydrogens (primary N) is 1. The number of hydrogen-bond donors (Lipinski definition) is 4. The van der Waals surface area contributed by atoms with Crippen molar-refractivity contribution in [2.24, 2.45) is 0 Å². The maximum Gasteiger partial charge on any atom is 0.278 e. The van der Waals surface area contributed by atoms with Crippen molar-refractivity contribution in [2.45, 2.75) is 6.92 Å². The maximum absolute atomic E-state index is 11.7. The number of H-pyrrole nitrogens is 2. The number of nitrogens with one attached hydrogen (secondary N) is 2. The number of aromatic nitrogens is 4. The minimum Gasteiger partial charge on any atom is -0.508 e. The predicted molar refractivity (Wildman–Crippen MR) is 70.8 cm³/mol. The number of anilines is 1. The zero-order chi connectivity index (χ0) is 13.6. The lowest BCUT2D eigenvalue weighted by atomic mass is 10.1. The van der Waals surface area contributed by atoms with Gasteiger partial charge >= 0.3 is 0 Å². The van der Waals surface area contributed by atoms with Crippen molar-refractivity contribution in [1.29, 1.82) is 0 Å². The predicted octanol–water partition coefficient (Wildman–Crippen LogP) is 0.909. The highest BCUT2D eigenvalue weighted by atomic mass is 16.3. The summed E-state index contributed by atoms with van der Waals surface area (Å²) in [6.07, 6.45) is 0. The number of fused-ring (bicyclic) bond motifs is 1. The van der Waals surface area contributed by atoms with E-state index >= 15 is 0 Å². The van der Waals surface area contributed by atoms with E-state index in [1.165, 1.54) is 0 Å². The monoisotopic (exact) mass is 257 g/mol. The number of phenols is 1. The first-order chi connectivity index (χ1) is 9.04. The lowest BCUT2D eigenvalue weighted by molar-refractivity contribution is 0.475. The molecule has 19 heavy (non-hydrogen) atoms.